The molecule has 0 heterocycles. The van der Waals surface area contributed by atoms with Crippen LogP contribution in [0.3, 0.4) is 0 Å². The van der Waals surface area contributed by atoms with Crippen LogP contribution in [0, 0.1) is 0 Å². The smallest absolute Gasteiger partial charge is 0.376 e. The Labute approximate surface area is 109 Å². The fourth-order valence-corrected chi connectivity index (χ4v) is 2.23. The highest BCUT2D eigenvalue weighted by Crippen LogP contribution is 2.38. The first kappa shape index (κ1) is 15.9. The molecule has 1 aromatic carbocycles. The summed E-state index contributed by atoms with van der Waals surface area (Å²) in [5, 5.41) is 9.44. The standard InChI is InChI=1S/C11H14F3NO3S/c1-10(16,11(12,13)14)8-4-6-9(7-5-8)19(17,18)15(2)3/h4-7,16H,1-3H3. The van der Waals surface area contributed by atoms with Gasteiger partial charge in [-0.05, 0) is 24.6 Å². The molecular weight excluding hydrogens is 283 g/mol. The van der Waals surface area contributed by atoms with Crippen LogP contribution in [0.15, 0.2) is 29.2 Å². The van der Waals surface area contributed by atoms with E-state index in [1.54, 1.807) is 0 Å². The highest BCUT2D eigenvalue weighted by molar-refractivity contribution is 7.89. The summed E-state index contributed by atoms with van der Waals surface area (Å²) in [4.78, 5) is -0.140. The van der Waals surface area contributed by atoms with E-state index in [9.17, 15) is 26.7 Å². The first-order chi connectivity index (χ1) is 8.40. The molecule has 0 bridgehead atoms. The fraction of sp³-hybridized carbons (Fsp3) is 0.455. The van der Waals surface area contributed by atoms with Crippen molar-refractivity contribution >= 4 is 10.0 Å². The van der Waals surface area contributed by atoms with Gasteiger partial charge in [0.2, 0.25) is 10.0 Å². The van der Waals surface area contributed by atoms with Crippen LogP contribution in [0.5, 0.6) is 0 Å². The summed E-state index contributed by atoms with van der Waals surface area (Å²) in [5.41, 5.74) is -3.44. The van der Waals surface area contributed by atoms with E-state index in [2.05, 4.69) is 0 Å². The number of alkyl halides is 3. The SMILES string of the molecule is CN(C)S(=O)(=O)c1ccc(C(C)(O)C(F)(F)F)cc1. The lowest BCUT2D eigenvalue weighted by Gasteiger charge is -2.26. The van der Waals surface area contributed by atoms with Crippen molar-refractivity contribution < 1.29 is 26.7 Å². The van der Waals surface area contributed by atoms with Gasteiger partial charge in [-0.3, -0.25) is 0 Å². The van der Waals surface area contributed by atoms with E-state index >= 15 is 0 Å². The van der Waals surface area contributed by atoms with Crippen LogP contribution in [0.1, 0.15) is 12.5 Å². The molecule has 8 heteroatoms. The Morgan fingerprint density at radius 3 is 1.84 bits per heavy atom. The number of hydrogen-bond donors (Lipinski definition) is 1. The molecule has 0 aliphatic rings. The van der Waals surface area contributed by atoms with E-state index in [1.807, 2.05) is 0 Å². The maximum absolute atomic E-state index is 12.6. The Kier molecular flexibility index (Phi) is 4.00. The average Bonchev–Trinajstić information content (AvgIpc) is 2.27. The monoisotopic (exact) mass is 297 g/mol. The van der Waals surface area contributed by atoms with Crippen LogP contribution >= 0.6 is 0 Å². The number of hydrogen-bond acceptors (Lipinski definition) is 3. The van der Waals surface area contributed by atoms with Crippen molar-refractivity contribution in [2.75, 3.05) is 14.1 Å². The third kappa shape index (κ3) is 2.90. The van der Waals surface area contributed by atoms with E-state index in [1.165, 1.54) is 14.1 Å². The lowest BCUT2D eigenvalue weighted by molar-refractivity contribution is -0.258. The molecule has 1 aromatic rings. The number of nitrogens with zero attached hydrogens (tertiary/aromatic N) is 1. The van der Waals surface area contributed by atoms with E-state index in [0.29, 0.717) is 6.92 Å². The molecule has 1 unspecified atom stereocenters. The van der Waals surface area contributed by atoms with E-state index < -0.39 is 27.4 Å². The first-order valence-corrected chi connectivity index (χ1v) is 6.67. The van der Waals surface area contributed by atoms with Crippen molar-refractivity contribution in [1.29, 1.82) is 0 Å². The van der Waals surface area contributed by atoms with Crippen molar-refractivity contribution in [3.05, 3.63) is 29.8 Å². The molecule has 0 saturated carbocycles. The summed E-state index contributed by atoms with van der Waals surface area (Å²) in [6.45, 7) is 0.614. The zero-order chi connectivity index (χ0) is 15.1. The Bertz CT molecular complexity index is 548. The topological polar surface area (TPSA) is 57.6 Å². The van der Waals surface area contributed by atoms with Gasteiger partial charge in [-0.1, -0.05) is 12.1 Å². The number of aliphatic hydroxyl groups is 1. The van der Waals surface area contributed by atoms with Crippen LogP contribution in [0.4, 0.5) is 13.2 Å². The molecule has 0 radical (unpaired) electrons. The Morgan fingerprint density at radius 1 is 1.11 bits per heavy atom. The molecule has 0 aliphatic heterocycles. The lowest BCUT2D eigenvalue weighted by atomic mass is 9.96. The molecule has 0 saturated heterocycles. The van der Waals surface area contributed by atoms with Crippen LogP contribution < -0.4 is 0 Å². The highest BCUT2D eigenvalue weighted by atomic mass is 32.2. The third-order valence-electron chi connectivity index (χ3n) is 2.75. The fourth-order valence-electron chi connectivity index (χ4n) is 1.33. The summed E-state index contributed by atoms with van der Waals surface area (Å²) in [6.07, 6.45) is -4.84. The van der Waals surface area contributed by atoms with Gasteiger partial charge in [-0.25, -0.2) is 12.7 Å². The maximum Gasteiger partial charge on any atom is 0.421 e. The van der Waals surface area contributed by atoms with Gasteiger partial charge >= 0.3 is 6.18 Å². The number of rotatable bonds is 3. The van der Waals surface area contributed by atoms with Gasteiger partial charge in [0, 0.05) is 14.1 Å². The second-order valence-electron chi connectivity index (χ2n) is 4.38. The largest absolute Gasteiger partial charge is 0.421 e. The minimum absolute atomic E-state index is 0.140. The van der Waals surface area contributed by atoms with E-state index in [4.69, 9.17) is 0 Å². The quantitative estimate of drug-likeness (QED) is 0.924. The first-order valence-electron chi connectivity index (χ1n) is 5.23. The molecule has 1 rings (SSSR count). The maximum atomic E-state index is 12.6. The molecule has 0 aromatic heterocycles. The highest BCUT2D eigenvalue weighted by Gasteiger charge is 2.51. The van der Waals surface area contributed by atoms with Crippen LogP contribution in [-0.2, 0) is 15.6 Å². The normalized spacial score (nSPS) is 16.4. The Balaban J connectivity index is 3.22. The lowest BCUT2D eigenvalue weighted by Crippen LogP contribution is -2.39. The summed E-state index contributed by atoms with van der Waals surface area (Å²) < 4.78 is 62.2. The third-order valence-corrected chi connectivity index (χ3v) is 4.58. The van der Waals surface area contributed by atoms with Gasteiger partial charge in [0.1, 0.15) is 0 Å². The van der Waals surface area contributed by atoms with Crippen LogP contribution in [-0.4, -0.2) is 38.1 Å². The van der Waals surface area contributed by atoms with Gasteiger partial charge in [0.25, 0.3) is 0 Å². The van der Waals surface area contributed by atoms with E-state index in [-0.39, 0.29) is 4.90 Å². The van der Waals surface area contributed by atoms with Crippen LogP contribution in [0.2, 0.25) is 0 Å². The van der Waals surface area contributed by atoms with Gasteiger partial charge in [0.15, 0.2) is 5.60 Å². The minimum atomic E-state index is -4.84. The molecular formula is C11H14F3NO3S. The minimum Gasteiger partial charge on any atom is -0.376 e. The molecule has 1 atom stereocenters. The number of benzene rings is 1. The van der Waals surface area contributed by atoms with Gasteiger partial charge < -0.3 is 5.11 Å². The van der Waals surface area contributed by atoms with Gasteiger partial charge in [-0.15, -0.1) is 0 Å². The molecule has 0 fully saturated rings. The second-order valence-corrected chi connectivity index (χ2v) is 6.53. The van der Waals surface area contributed by atoms with Crippen molar-refractivity contribution in [2.24, 2.45) is 0 Å². The van der Waals surface area contributed by atoms with Gasteiger partial charge in [-0.2, -0.15) is 13.2 Å². The molecule has 0 spiro atoms. The van der Waals surface area contributed by atoms with Crippen molar-refractivity contribution in [3.63, 3.8) is 0 Å². The van der Waals surface area contributed by atoms with E-state index in [0.717, 1.165) is 28.6 Å². The van der Waals surface area contributed by atoms with Gasteiger partial charge in [0.05, 0.1) is 4.90 Å². The Hall–Kier alpha value is -1.12. The predicted molar refractivity (Wildman–Crippen MR) is 62.9 cm³/mol. The molecule has 0 aliphatic carbocycles. The molecule has 0 amide bonds. The number of sulfonamides is 1. The summed E-state index contributed by atoms with van der Waals surface area (Å²) in [5.74, 6) is 0. The molecule has 1 N–H and O–H groups in total. The summed E-state index contributed by atoms with van der Waals surface area (Å²) in [7, 11) is -1.07. The van der Waals surface area contributed by atoms with Crippen LogP contribution in [0.25, 0.3) is 0 Å². The molecule has 4 nitrogen and oxygen atoms in total. The predicted octanol–water partition coefficient (Wildman–Crippen LogP) is 1.71. The van der Waals surface area contributed by atoms with Crippen molar-refractivity contribution in [1.82, 2.24) is 4.31 Å². The summed E-state index contributed by atoms with van der Waals surface area (Å²) in [6, 6.07) is 3.96. The Morgan fingerprint density at radius 2 is 1.53 bits per heavy atom. The zero-order valence-corrected chi connectivity index (χ0v) is 11.4. The zero-order valence-electron chi connectivity index (χ0n) is 10.6. The average molecular weight is 297 g/mol. The second kappa shape index (κ2) is 4.77. The molecule has 108 valence electrons. The van der Waals surface area contributed by atoms with Crippen molar-refractivity contribution in [2.45, 2.75) is 23.6 Å². The van der Waals surface area contributed by atoms with Crippen molar-refractivity contribution in [3.8, 4) is 0 Å². The number of halogens is 3. The molecule has 19 heavy (non-hydrogen) atoms. The summed E-state index contributed by atoms with van der Waals surface area (Å²) >= 11 is 0.